The maximum atomic E-state index is 12.8. The van der Waals surface area contributed by atoms with Gasteiger partial charge in [0.25, 0.3) is 0 Å². The van der Waals surface area contributed by atoms with Gasteiger partial charge in [0.15, 0.2) is 12.6 Å². The van der Waals surface area contributed by atoms with Crippen molar-refractivity contribution in [2.24, 2.45) is 0 Å². The fourth-order valence-electron chi connectivity index (χ4n) is 3.70. The average Bonchev–Trinajstić information content (AvgIpc) is 2.92. The molecule has 0 aliphatic heterocycles. The molecular formula is C29H22F4O4. The van der Waals surface area contributed by atoms with Crippen LogP contribution in [-0.4, -0.2) is 26.8 Å². The van der Waals surface area contributed by atoms with Crippen molar-refractivity contribution >= 4 is 12.6 Å². The second-order valence-corrected chi connectivity index (χ2v) is 7.68. The topological polar surface area (TPSA) is 52.6 Å². The fraction of sp³-hybridized carbons (Fsp3) is 0.103. The Labute approximate surface area is 211 Å². The SMILES string of the molecule is COc1c(C=O)cccc1-c1ccc(F)cc1.COc1c(C=O)cccc1-c1cccc(C(F)(F)F)c1. The molecule has 0 heterocycles. The molecule has 4 aromatic rings. The zero-order valence-electron chi connectivity index (χ0n) is 19.9. The Morgan fingerprint density at radius 2 is 1.14 bits per heavy atom. The second-order valence-electron chi connectivity index (χ2n) is 7.68. The van der Waals surface area contributed by atoms with Crippen molar-refractivity contribution in [3.8, 4) is 33.8 Å². The van der Waals surface area contributed by atoms with Crippen molar-refractivity contribution in [3.05, 3.63) is 107 Å². The van der Waals surface area contributed by atoms with Crippen molar-refractivity contribution in [2.45, 2.75) is 6.18 Å². The second kappa shape index (κ2) is 12.0. The molecule has 8 heteroatoms. The number of hydrogen-bond donors (Lipinski definition) is 0. The molecule has 4 rings (SSSR count). The Hall–Kier alpha value is -4.46. The van der Waals surface area contributed by atoms with E-state index >= 15 is 0 Å². The molecule has 0 saturated carbocycles. The maximum absolute atomic E-state index is 12.8. The van der Waals surface area contributed by atoms with Gasteiger partial charge in [-0.15, -0.1) is 0 Å². The van der Waals surface area contributed by atoms with Gasteiger partial charge in [0.05, 0.1) is 30.9 Å². The number of alkyl halides is 3. The van der Waals surface area contributed by atoms with Gasteiger partial charge >= 0.3 is 6.18 Å². The number of hydrogen-bond acceptors (Lipinski definition) is 4. The Balaban J connectivity index is 0.000000208. The van der Waals surface area contributed by atoms with Gasteiger partial charge in [-0.1, -0.05) is 48.5 Å². The normalized spacial score (nSPS) is 10.6. The Morgan fingerprint density at radius 1 is 0.649 bits per heavy atom. The number of methoxy groups -OCH3 is 2. The van der Waals surface area contributed by atoms with Gasteiger partial charge in [0.2, 0.25) is 0 Å². The van der Waals surface area contributed by atoms with Crippen LogP contribution in [0.3, 0.4) is 0 Å². The summed E-state index contributed by atoms with van der Waals surface area (Å²) in [6.07, 6.45) is -3.06. The van der Waals surface area contributed by atoms with E-state index in [2.05, 4.69) is 0 Å². The lowest BCUT2D eigenvalue weighted by atomic mass is 9.99. The summed E-state index contributed by atoms with van der Waals surface area (Å²) in [4.78, 5) is 21.8. The quantitative estimate of drug-likeness (QED) is 0.199. The molecule has 0 unspecified atom stereocenters. The van der Waals surface area contributed by atoms with E-state index in [0.717, 1.165) is 29.5 Å². The standard InChI is InChI=1S/C15H11F3O2.C14H11FO2/c1-20-14-11(9-19)5-3-7-13(14)10-4-2-6-12(8-10)15(16,17)18;1-17-14-11(9-16)3-2-4-13(14)10-5-7-12(15)8-6-10/h2-9H,1H3;2-9H,1H3. The van der Waals surface area contributed by atoms with Crippen LogP contribution in [0.2, 0.25) is 0 Å². The number of benzene rings is 4. The minimum absolute atomic E-state index is 0.266. The minimum Gasteiger partial charge on any atom is -0.495 e. The van der Waals surface area contributed by atoms with Crippen molar-refractivity contribution in [1.82, 2.24) is 0 Å². The van der Waals surface area contributed by atoms with Gasteiger partial charge in [-0.25, -0.2) is 4.39 Å². The van der Waals surface area contributed by atoms with Gasteiger partial charge in [-0.05, 0) is 47.5 Å². The number of para-hydroxylation sites is 2. The van der Waals surface area contributed by atoms with E-state index in [-0.39, 0.29) is 11.6 Å². The third kappa shape index (κ3) is 6.41. The van der Waals surface area contributed by atoms with Crippen molar-refractivity contribution in [3.63, 3.8) is 0 Å². The number of carbonyl (C=O) groups is 2. The molecule has 0 spiro atoms. The van der Waals surface area contributed by atoms with E-state index < -0.39 is 11.7 Å². The number of rotatable bonds is 6. The zero-order valence-corrected chi connectivity index (χ0v) is 19.9. The van der Waals surface area contributed by atoms with Crippen molar-refractivity contribution < 1.29 is 36.6 Å². The van der Waals surface area contributed by atoms with Gasteiger partial charge in [0.1, 0.15) is 17.3 Å². The van der Waals surface area contributed by atoms with Crippen LogP contribution in [0.15, 0.2) is 84.9 Å². The molecular weight excluding hydrogens is 488 g/mol. The van der Waals surface area contributed by atoms with Gasteiger partial charge < -0.3 is 9.47 Å². The van der Waals surface area contributed by atoms with Gasteiger partial charge in [-0.2, -0.15) is 13.2 Å². The first-order valence-corrected chi connectivity index (χ1v) is 10.9. The molecule has 0 N–H and O–H groups in total. The zero-order chi connectivity index (χ0) is 27.0. The highest BCUT2D eigenvalue weighted by Gasteiger charge is 2.30. The van der Waals surface area contributed by atoms with Crippen LogP contribution >= 0.6 is 0 Å². The summed E-state index contributed by atoms with van der Waals surface area (Å²) in [7, 11) is 2.88. The lowest BCUT2D eigenvalue weighted by Crippen LogP contribution is -2.04. The first kappa shape index (κ1) is 27.1. The van der Waals surface area contributed by atoms with Crippen LogP contribution in [0.4, 0.5) is 17.6 Å². The molecule has 190 valence electrons. The highest BCUT2D eigenvalue weighted by atomic mass is 19.4. The molecule has 0 aromatic heterocycles. The highest BCUT2D eigenvalue weighted by molar-refractivity contribution is 5.87. The van der Waals surface area contributed by atoms with Crippen LogP contribution in [0.5, 0.6) is 11.5 Å². The fourth-order valence-corrected chi connectivity index (χ4v) is 3.70. The average molecular weight is 510 g/mol. The number of carbonyl (C=O) groups excluding carboxylic acids is 2. The van der Waals surface area contributed by atoms with E-state index in [9.17, 15) is 27.2 Å². The van der Waals surface area contributed by atoms with E-state index in [0.29, 0.717) is 34.3 Å². The smallest absolute Gasteiger partial charge is 0.416 e. The van der Waals surface area contributed by atoms with E-state index in [1.165, 1.54) is 32.4 Å². The summed E-state index contributed by atoms with van der Waals surface area (Å²) in [5.74, 6) is 0.482. The number of ether oxygens (including phenoxy) is 2. The first-order valence-electron chi connectivity index (χ1n) is 10.9. The monoisotopic (exact) mass is 510 g/mol. The largest absolute Gasteiger partial charge is 0.495 e. The molecule has 0 aliphatic rings. The molecule has 0 amide bonds. The van der Waals surface area contributed by atoms with E-state index in [1.54, 1.807) is 48.5 Å². The van der Waals surface area contributed by atoms with Gasteiger partial charge in [0, 0.05) is 11.1 Å². The Kier molecular flexibility index (Phi) is 8.79. The molecule has 0 aliphatic carbocycles. The predicted molar refractivity (Wildman–Crippen MR) is 133 cm³/mol. The predicted octanol–water partition coefficient (Wildman–Crippen LogP) is 7.51. The van der Waals surface area contributed by atoms with Crippen molar-refractivity contribution in [1.29, 1.82) is 0 Å². The Bertz CT molecular complexity index is 1380. The van der Waals surface area contributed by atoms with E-state index in [1.807, 2.05) is 6.07 Å². The molecule has 4 aromatic carbocycles. The summed E-state index contributed by atoms with van der Waals surface area (Å²) >= 11 is 0. The number of halogens is 4. The third-order valence-electron chi connectivity index (χ3n) is 5.41. The van der Waals surface area contributed by atoms with E-state index in [4.69, 9.17) is 9.47 Å². The molecule has 0 radical (unpaired) electrons. The highest BCUT2D eigenvalue weighted by Crippen LogP contribution is 2.36. The molecule has 4 nitrogen and oxygen atoms in total. The molecule has 0 saturated heterocycles. The minimum atomic E-state index is -4.41. The number of aldehydes is 2. The van der Waals surface area contributed by atoms with Crippen LogP contribution in [0.25, 0.3) is 22.3 Å². The Morgan fingerprint density at radius 3 is 1.59 bits per heavy atom. The lowest BCUT2D eigenvalue weighted by molar-refractivity contribution is -0.137. The summed E-state index contributed by atoms with van der Waals surface area (Å²) in [5.41, 5.74) is 2.41. The molecule has 0 atom stereocenters. The summed E-state index contributed by atoms with van der Waals surface area (Å²) in [5, 5.41) is 0. The van der Waals surface area contributed by atoms with Crippen LogP contribution < -0.4 is 9.47 Å². The first-order chi connectivity index (χ1) is 17.7. The molecule has 0 fully saturated rings. The summed E-state index contributed by atoms with van der Waals surface area (Å²) in [6, 6.07) is 21.0. The molecule has 37 heavy (non-hydrogen) atoms. The van der Waals surface area contributed by atoms with Crippen LogP contribution in [0, 0.1) is 5.82 Å². The lowest BCUT2D eigenvalue weighted by Gasteiger charge is -2.13. The van der Waals surface area contributed by atoms with Crippen molar-refractivity contribution in [2.75, 3.05) is 14.2 Å². The van der Waals surface area contributed by atoms with Crippen LogP contribution in [-0.2, 0) is 6.18 Å². The third-order valence-corrected chi connectivity index (χ3v) is 5.41. The van der Waals surface area contributed by atoms with Gasteiger partial charge in [-0.3, -0.25) is 9.59 Å². The maximum Gasteiger partial charge on any atom is 0.416 e. The van der Waals surface area contributed by atoms with Crippen LogP contribution in [0.1, 0.15) is 26.3 Å². The molecule has 0 bridgehead atoms. The summed E-state index contributed by atoms with van der Waals surface area (Å²) < 4.78 is 61.4. The summed E-state index contributed by atoms with van der Waals surface area (Å²) in [6.45, 7) is 0.